The molecule has 0 aliphatic carbocycles. The van der Waals surface area contributed by atoms with E-state index < -0.39 is 6.04 Å². The van der Waals surface area contributed by atoms with Gasteiger partial charge in [-0.3, -0.25) is 9.59 Å². The van der Waals surface area contributed by atoms with Gasteiger partial charge in [0.15, 0.2) is 0 Å². The predicted octanol–water partition coefficient (Wildman–Crippen LogP) is 3.20. The molecule has 6 nitrogen and oxygen atoms in total. The number of hydrogen-bond acceptors (Lipinski definition) is 4. The minimum Gasteiger partial charge on any atom is -0.496 e. The largest absolute Gasteiger partial charge is 0.496 e. The van der Waals surface area contributed by atoms with Gasteiger partial charge >= 0.3 is 0 Å². The SMILES string of the molecule is COc1ccc(Cl)cc1-c1ccc2c(c1)C(=O)N1CC(OC)CC1C(=O)N2. The number of carbonyl (C=O) groups is 2. The summed E-state index contributed by atoms with van der Waals surface area (Å²) in [5.74, 6) is 0.286. The fourth-order valence-corrected chi connectivity index (χ4v) is 3.89. The zero-order valence-electron chi connectivity index (χ0n) is 15.0. The first kappa shape index (κ1) is 17.8. The lowest BCUT2D eigenvalue weighted by Crippen LogP contribution is -2.40. The summed E-state index contributed by atoms with van der Waals surface area (Å²) in [6, 6.07) is 10.2. The van der Waals surface area contributed by atoms with Gasteiger partial charge in [0.05, 0.1) is 24.5 Å². The van der Waals surface area contributed by atoms with Gasteiger partial charge in [-0.25, -0.2) is 0 Å². The molecular formula is C20H19ClN2O4. The zero-order chi connectivity index (χ0) is 19.1. The van der Waals surface area contributed by atoms with E-state index in [1.807, 2.05) is 6.07 Å². The molecule has 2 aliphatic rings. The van der Waals surface area contributed by atoms with E-state index in [2.05, 4.69) is 5.32 Å². The Morgan fingerprint density at radius 3 is 2.67 bits per heavy atom. The van der Waals surface area contributed by atoms with E-state index in [0.29, 0.717) is 35.0 Å². The molecule has 7 heteroatoms. The smallest absolute Gasteiger partial charge is 0.256 e. The second-order valence-corrected chi connectivity index (χ2v) is 7.10. The van der Waals surface area contributed by atoms with Crippen LogP contribution in [0.5, 0.6) is 5.75 Å². The summed E-state index contributed by atoms with van der Waals surface area (Å²) in [6.45, 7) is 0.400. The quantitative estimate of drug-likeness (QED) is 0.879. The van der Waals surface area contributed by atoms with E-state index in [4.69, 9.17) is 21.1 Å². The number of halogens is 1. The number of fused-ring (bicyclic) bond motifs is 2. The number of benzene rings is 2. The Kier molecular flexibility index (Phi) is 4.53. The summed E-state index contributed by atoms with van der Waals surface area (Å²) in [7, 11) is 3.18. The van der Waals surface area contributed by atoms with Gasteiger partial charge in [0.2, 0.25) is 5.91 Å². The Hall–Kier alpha value is -2.57. The summed E-state index contributed by atoms with van der Waals surface area (Å²) in [6.07, 6.45) is 0.360. The summed E-state index contributed by atoms with van der Waals surface area (Å²) in [4.78, 5) is 27.3. The van der Waals surface area contributed by atoms with Crippen molar-refractivity contribution in [2.24, 2.45) is 0 Å². The lowest BCUT2D eigenvalue weighted by molar-refractivity contribution is -0.119. The molecule has 0 saturated carbocycles. The van der Waals surface area contributed by atoms with Gasteiger partial charge < -0.3 is 19.7 Å². The van der Waals surface area contributed by atoms with Crippen LogP contribution in [0.3, 0.4) is 0 Å². The molecule has 2 atom stereocenters. The van der Waals surface area contributed by atoms with Crippen LogP contribution in [0, 0.1) is 0 Å². The van der Waals surface area contributed by atoms with Crippen molar-refractivity contribution in [1.29, 1.82) is 0 Å². The molecule has 27 heavy (non-hydrogen) atoms. The zero-order valence-corrected chi connectivity index (χ0v) is 15.7. The molecule has 2 aromatic carbocycles. The van der Waals surface area contributed by atoms with Crippen LogP contribution < -0.4 is 10.1 Å². The van der Waals surface area contributed by atoms with Crippen LogP contribution in [0.15, 0.2) is 36.4 Å². The second-order valence-electron chi connectivity index (χ2n) is 6.66. The number of hydrogen-bond donors (Lipinski definition) is 1. The second kappa shape index (κ2) is 6.87. The average Bonchev–Trinajstić information content (AvgIpc) is 3.09. The van der Waals surface area contributed by atoms with Crippen LogP contribution in [0.2, 0.25) is 5.02 Å². The van der Waals surface area contributed by atoms with Crippen LogP contribution in [-0.2, 0) is 9.53 Å². The van der Waals surface area contributed by atoms with Gasteiger partial charge in [-0.15, -0.1) is 0 Å². The Bertz CT molecular complexity index is 930. The fourth-order valence-electron chi connectivity index (χ4n) is 3.72. The van der Waals surface area contributed by atoms with E-state index in [1.165, 1.54) is 0 Å². The monoisotopic (exact) mass is 386 g/mol. The van der Waals surface area contributed by atoms with Crippen LogP contribution >= 0.6 is 11.6 Å². The van der Waals surface area contributed by atoms with Crippen molar-refractivity contribution in [3.05, 3.63) is 47.0 Å². The first-order valence-corrected chi connectivity index (χ1v) is 9.02. The van der Waals surface area contributed by atoms with Gasteiger partial charge in [0.1, 0.15) is 11.8 Å². The van der Waals surface area contributed by atoms with Crippen molar-refractivity contribution in [2.75, 3.05) is 26.1 Å². The molecule has 1 saturated heterocycles. The highest BCUT2D eigenvalue weighted by Gasteiger charge is 2.42. The van der Waals surface area contributed by atoms with Crippen molar-refractivity contribution in [2.45, 2.75) is 18.6 Å². The van der Waals surface area contributed by atoms with E-state index in [0.717, 1.165) is 11.1 Å². The maximum atomic E-state index is 13.2. The number of ether oxygens (including phenoxy) is 2. The number of methoxy groups -OCH3 is 2. The van der Waals surface area contributed by atoms with Crippen LogP contribution in [0.25, 0.3) is 11.1 Å². The van der Waals surface area contributed by atoms with Gasteiger partial charge in [0.25, 0.3) is 5.91 Å². The maximum Gasteiger partial charge on any atom is 0.256 e. The lowest BCUT2D eigenvalue weighted by Gasteiger charge is -2.20. The topological polar surface area (TPSA) is 67.9 Å². The number of anilines is 1. The van der Waals surface area contributed by atoms with Crippen molar-refractivity contribution >= 4 is 29.1 Å². The lowest BCUT2D eigenvalue weighted by atomic mass is 10.0. The maximum absolute atomic E-state index is 13.2. The minimum absolute atomic E-state index is 0.137. The van der Waals surface area contributed by atoms with E-state index in [9.17, 15) is 9.59 Å². The van der Waals surface area contributed by atoms with E-state index in [1.54, 1.807) is 49.5 Å². The molecule has 2 aromatic rings. The molecule has 0 aromatic heterocycles. The van der Waals surface area contributed by atoms with Crippen molar-refractivity contribution in [3.63, 3.8) is 0 Å². The molecule has 2 heterocycles. The highest BCUT2D eigenvalue weighted by molar-refractivity contribution is 6.31. The Morgan fingerprint density at radius 2 is 1.93 bits per heavy atom. The van der Waals surface area contributed by atoms with E-state index in [-0.39, 0.29) is 17.9 Å². The molecule has 2 amide bonds. The average molecular weight is 387 g/mol. The molecule has 1 N–H and O–H groups in total. The van der Waals surface area contributed by atoms with Gasteiger partial charge in [0, 0.05) is 30.7 Å². The third-order valence-electron chi connectivity index (χ3n) is 5.14. The van der Waals surface area contributed by atoms with Crippen LogP contribution in [0.4, 0.5) is 5.69 Å². The highest BCUT2D eigenvalue weighted by atomic mass is 35.5. The third-order valence-corrected chi connectivity index (χ3v) is 5.38. The van der Waals surface area contributed by atoms with Crippen molar-refractivity contribution in [1.82, 2.24) is 4.90 Å². The Morgan fingerprint density at radius 1 is 1.11 bits per heavy atom. The summed E-state index contributed by atoms with van der Waals surface area (Å²) in [5, 5.41) is 3.45. The van der Waals surface area contributed by atoms with Crippen molar-refractivity contribution < 1.29 is 19.1 Å². The third kappa shape index (κ3) is 3.05. The summed E-state index contributed by atoms with van der Waals surface area (Å²) in [5.41, 5.74) is 2.53. The minimum atomic E-state index is -0.515. The standard InChI is InChI=1S/C20H19ClN2O4/c1-26-13-9-17-19(24)22-16-5-3-11(7-15(16)20(25)23(17)10-13)14-8-12(21)4-6-18(14)27-2/h3-8,13,17H,9-10H2,1-2H3,(H,22,24). The molecule has 2 unspecified atom stereocenters. The number of rotatable bonds is 3. The molecule has 0 spiro atoms. The molecule has 1 fully saturated rings. The van der Waals surface area contributed by atoms with Crippen LogP contribution in [0.1, 0.15) is 16.8 Å². The number of carbonyl (C=O) groups excluding carboxylic acids is 2. The molecular weight excluding hydrogens is 368 g/mol. The Labute approximate surface area is 162 Å². The molecule has 2 aliphatic heterocycles. The fraction of sp³-hybridized carbons (Fsp3) is 0.300. The predicted molar refractivity (Wildman–Crippen MR) is 102 cm³/mol. The number of nitrogens with zero attached hydrogens (tertiary/aromatic N) is 1. The highest BCUT2D eigenvalue weighted by Crippen LogP contribution is 2.36. The molecule has 140 valence electrons. The van der Waals surface area contributed by atoms with Crippen LogP contribution in [-0.4, -0.2) is 49.6 Å². The first-order valence-electron chi connectivity index (χ1n) is 8.64. The number of nitrogens with one attached hydrogen (secondary N) is 1. The Balaban J connectivity index is 1.79. The summed E-state index contributed by atoms with van der Waals surface area (Å²) < 4.78 is 10.8. The molecule has 0 radical (unpaired) electrons. The normalized spacial score (nSPS) is 21.4. The summed E-state index contributed by atoms with van der Waals surface area (Å²) >= 11 is 6.14. The van der Waals surface area contributed by atoms with Gasteiger partial charge in [-0.05, 0) is 35.9 Å². The van der Waals surface area contributed by atoms with Crippen molar-refractivity contribution in [3.8, 4) is 16.9 Å². The molecule has 4 rings (SSSR count). The number of amides is 2. The van der Waals surface area contributed by atoms with Gasteiger partial charge in [-0.1, -0.05) is 17.7 Å². The molecule has 0 bridgehead atoms. The van der Waals surface area contributed by atoms with E-state index >= 15 is 0 Å². The van der Waals surface area contributed by atoms with Gasteiger partial charge in [-0.2, -0.15) is 0 Å². The first-order chi connectivity index (χ1) is 13.0.